The average molecular weight is 635 g/mol. The number of fused-ring (bicyclic) bond motifs is 7. The molecule has 0 bridgehead atoms. The zero-order chi connectivity index (χ0) is 33.5. The summed E-state index contributed by atoms with van der Waals surface area (Å²) in [4.78, 5) is 25.8. The number of hydrogen-bond donors (Lipinski definition) is 4. The molecule has 10 atom stereocenters. The molecular formula is C39H54O7. The van der Waals surface area contributed by atoms with Crippen molar-refractivity contribution in [1.82, 2.24) is 0 Å². The molecule has 1 aromatic carbocycles. The number of phenolic OH excluding ortho intramolecular Hbond substituents is 1. The number of carbonyl (C=O) groups excluding carboxylic acids is 1. The second-order valence-corrected chi connectivity index (χ2v) is 17.4. The Bertz CT molecular complexity index is 1440. The van der Waals surface area contributed by atoms with Crippen LogP contribution in [0.3, 0.4) is 0 Å². The molecule has 4 saturated carbocycles. The number of rotatable bonds is 5. The molecule has 6 rings (SSSR count). The van der Waals surface area contributed by atoms with Crippen LogP contribution in [-0.2, 0) is 14.3 Å². The zero-order valence-corrected chi connectivity index (χ0v) is 28.5. The van der Waals surface area contributed by atoms with E-state index in [0.29, 0.717) is 12.8 Å². The van der Waals surface area contributed by atoms with Crippen molar-refractivity contribution in [2.75, 3.05) is 6.61 Å². The highest BCUT2D eigenvalue weighted by Gasteiger charge is 2.70. The minimum Gasteiger partial charge on any atom is -0.508 e. The maximum Gasteiger partial charge on any atom is 0.330 e. The van der Waals surface area contributed by atoms with Crippen LogP contribution in [0.2, 0.25) is 0 Å². The first kappa shape index (κ1) is 33.3. The topological polar surface area (TPSA) is 124 Å². The van der Waals surface area contributed by atoms with E-state index < -0.39 is 35.0 Å². The number of aliphatic hydroxyl groups excluding tert-OH is 2. The smallest absolute Gasteiger partial charge is 0.330 e. The van der Waals surface area contributed by atoms with Gasteiger partial charge in [0.05, 0.1) is 24.2 Å². The molecule has 0 aromatic heterocycles. The highest BCUT2D eigenvalue weighted by atomic mass is 16.5. The molecule has 0 saturated heterocycles. The molecule has 5 aliphatic carbocycles. The Morgan fingerprint density at radius 2 is 1.59 bits per heavy atom. The number of phenols is 1. The fourth-order valence-corrected chi connectivity index (χ4v) is 11.8. The predicted molar refractivity (Wildman–Crippen MR) is 176 cm³/mol. The Balaban J connectivity index is 1.30. The van der Waals surface area contributed by atoms with Crippen molar-refractivity contribution < 1.29 is 34.8 Å². The van der Waals surface area contributed by atoms with E-state index in [1.807, 2.05) is 6.92 Å². The summed E-state index contributed by atoms with van der Waals surface area (Å²) < 4.78 is 5.81. The van der Waals surface area contributed by atoms with E-state index in [-0.39, 0.29) is 51.8 Å². The van der Waals surface area contributed by atoms with Crippen LogP contribution in [0.25, 0.3) is 6.08 Å². The van der Waals surface area contributed by atoms with E-state index in [2.05, 4.69) is 40.7 Å². The Kier molecular flexibility index (Phi) is 7.92. The lowest BCUT2D eigenvalue weighted by molar-refractivity contribution is -0.245. The minimum absolute atomic E-state index is 0.00428. The lowest BCUT2D eigenvalue weighted by Crippen LogP contribution is -2.68. The van der Waals surface area contributed by atoms with Gasteiger partial charge in [-0.1, -0.05) is 65.3 Å². The zero-order valence-electron chi connectivity index (χ0n) is 28.5. The van der Waals surface area contributed by atoms with Gasteiger partial charge in [-0.3, -0.25) is 4.79 Å². The van der Waals surface area contributed by atoms with Crippen molar-refractivity contribution in [2.24, 2.45) is 50.2 Å². The maximum atomic E-state index is 12.9. The minimum atomic E-state index is -1.02. The first-order valence-electron chi connectivity index (χ1n) is 17.4. The summed E-state index contributed by atoms with van der Waals surface area (Å²) in [7, 11) is 0. The second-order valence-electron chi connectivity index (χ2n) is 17.4. The van der Waals surface area contributed by atoms with Gasteiger partial charge in [0.25, 0.3) is 0 Å². The molecule has 7 nitrogen and oxygen atoms in total. The molecular weight excluding hydrogens is 580 g/mol. The first-order valence-corrected chi connectivity index (χ1v) is 17.4. The van der Waals surface area contributed by atoms with Gasteiger partial charge in [-0.05, 0) is 121 Å². The van der Waals surface area contributed by atoms with Crippen molar-refractivity contribution >= 4 is 18.0 Å². The molecule has 252 valence electrons. The van der Waals surface area contributed by atoms with Crippen LogP contribution in [0.1, 0.15) is 105 Å². The molecule has 46 heavy (non-hydrogen) atoms. The normalized spacial score (nSPS) is 44.6. The van der Waals surface area contributed by atoms with Crippen molar-refractivity contribution in [3.8, 4) is 5.75 Å². The fraction of sp³-hybridized carbons (Fsp3) is 0.692. The molecule has 2 unspecified atom stereocenters. The lowest BCUT2D eigenvalue weighted by atomic mass is 9.33. The Morgan fingerprint density at radius 1 is 0.913 bits per heavy atom. The number of hydrogen-bond acceptors (Lipinski definition) is 6. The number of aliphatic hydroxyl groups is 2. The average Bonchev–Trinajstić information content (AvgIpc) is 2.98. The van der Waals surface area contributed by atoms with E-state index in [1.54, 1.807) is 30.3 Å². The van der Waals surface area contributed by atoms with Gasteiger partial charge in [-0.2, -0.15) is 0 Å². The number of aliphatic carboxylic acids is 1. The summed E-state index contributed by atoms with van der Waals surface area (Å²) in [6.45, 7) is 13.7. The quantitative estimate of drug-likeness (QED) is 0.154. The lowest BCUT2D eigenvalue weighted by Gasteiger charge is -2.71. The molecule has 1 aromatic rings. The number of carbonyl (C=O) groups is 2. The summed E-state index contributed by atoms with van der Waals surface area (Å²) in [5.74, 6) is -0.702. The highest BCUT2D eigenvalue weighted by Crippen LogP contribution is 2.75. The van der Waals surface area contributed by atoms with Gasteiger partial charge >= 0.3 is 11.9 Å². The van der Waals surface area contributed by atoms with Crippen LogP contribution < -0.4 is 0 Å². The Morgan fingerprint density at radius 3 is 2.26 bits per heavy atom. The molecule has 5 aliphatic rings. The van der Waals surface area contributed by atoms with Crippen molar-refractivity contribution in [3.63, 3.8) is 0 Å². The van der Waals surface area contributed by atoms with Gasteiger partial charge in [-0.15, -0.1) is 0 Å². The number of allylic oxidation sites excluding steroid dienone is 2. The highest BCUT2D eigenvalue weighted by molar-refractivity contribution is 5.87. The summed E-state index contributed by atoms with van der Waals surface area (Å²) in [6, 6.07) is 6.53. The largest absolute Gasteiger partial charge is 0.508 e. The van der Waals surface area contributed by atoms with Gasteiger partial charge in [0, 0.05) is 11.5 Å². The third-order valence-electron chi connectivity index (χ3n) is 14.6. The van der Waals surface area contributed by atoms with Crippen LogP contribution in [-0.4, -0.2) is 51.2 Å². The van der Waals surface area contributed by atoms with E-state index in [4.69, 9.17) is 4.74 Å². The molecule has 0 spiro atoms. The van der Waals surface area contributed by atoms with Crippen molar-refractivity contribution in [2.45, 2.75) is 112 Å². The van der Waals surface area contributed by atoms with E-state index in [9.17, 15) is 30.0 Å². The van der Waals surface area contributed by atoms with Crippen LogP contribution in [0.5, 0.6) is 5.75 Å². The number of esters is 1. The number of carboxylic acid groups (broad SMARTS) is 1. The van der Waals surface area contributed by atoms with Gasteiger partial charge in [0.1, 0.15) is 5.75 Å². The van der Waals surface area contributed by atoms with Gasteiger partial charge in [0.15, 0.2) is 0 Å². The Hall–Kier alpha value is -2.64. The predicted octanol–water partition coefficient (Wildman–Crippen LogP) is 7.15. The molecule has 7 heteroatoms. The first-order chi connectivity index (χ1) is 21.4. The number of ether oxygens (including phenoxy) is 1. The molecule has 4 N–H and O–H groups in total. The third kappa shape index (κ3) is 4.81. The van der Waals surface area contributed by atoms with E-state index >= 15 is 0 Å². The second kappa shape index (κ2) is 10.9. The van der Waals surface area contributed by atoms with Gasteiger partial charge in [-0.25, -0.2) is 4.79 Å². The number of benzene rings is 1. The molecule has 0 amide bonds. The SMILES string of the molecule is CC1(C)CC[C@]2(C(=O)O)CC[C@]3(C)C(=CCC4[C@@]5(C)C[C@@H](O)[C@H](O)[C@@](C)(COC(=O)/C=C/c6ccc(O)cc6)C5CC[C@]43C)[C@@H]2C1. The van der Waals surface area contributed by atoms with E-state index in [0.717, 1.165) is 50.5 Å². The fourth-order valence-electron chi connectivity index (χ4n) is 11.8. The molecule has 4 fully saturated rings. The maximum absolute atomic E-state index is 12.9. The summed E-state index contributed by atoms with van der Waals surface area (Å²) >= 11 is 0. The van der Waals surface area contributed by atoms with Crippen molar-refractivity contribution in [1.29, 1.82) is 0 Å². The monoisotopic (exact) mass is 634 g/mol. The number of carboxylic acids is 1. The van der Waals surface area contributed by atoms with Crippen molar-refractivity contribution in [3.05, 3.63) is 47.6 Å². The third-order valence-corrected chi connectivity index (χ3v) is 14.6. The summed E-state index contributed by atoms with van der Waals surface area (Å²) in [5.41, 5.74) is 0.147. The van der Waals surface area contributed by atoms with Crippen LogP contribution >= 0.6 is 0 Å². The van der Waals surface area contributed by atoms with Gasteiger partial charge in [0.2, 0.25) is 0 Å². The number of aromatic hydroxyl groups is 1. The van der Waals surface area contributed by atoms with Crippen LogP contribution in [0.4, 0.5) is 0 Å². The van der Waals surface area contributed by atoms with Gasteiger partial charge < -0.3 is 25.2 Å². The van der Waals surface area contributed by atoms with Crippen LogP contribution in [0.15, 0.2) is 42.0 Å². The summed E-state index contributed by atoms with van der Waals surface area (Å²) in [6.07, 6.45) is 10.7. The summed E-state index contributed by atoms with van der Waals surface area (Å²) in [5, 5.41) is 43.1. The van der Waals surface area contributed by atoms with Crippen LogP contribution in [0, 0.1) is 50.2 Å². The molecule has 0 radical (unpaired) electrons. The standard InChI is InChI=1S/C39H54O7/c1-34(2)17-19-39(33(44)45)20-18-37(5)26(27(39)21-34)12-13-30-35(3)22-28(41)32(43)36(4,29(35)15-16-38(30,37)6)23-46-31(42)14-9-24-7-10-25(40)11-8-24/h7-12,14,27-30,32,40-41,43H,13,15-23H2,1-6H3,(H,44,45)/b14-9+/t27-,28+,29?,30?,32-,35-,36-,37+,38+,39-/m0/s1. The molecule has 0 aliphatic heterocycles. The molecule has 0 heterocycles. The van der Waals surface area contributed by atoms with E-state index in [1.165, 1.54) is 11.6 Å². The Labute approximate surface area is 274 Å².